The summed E-state index contributed by atoms with van der Waals surface area (Å²) in [5, 5.41) is 10.8. The molecule has 0 radical (unpaired) electrons. The number of hydrogen-bond acceptors (Lipinski definition) is 10. The maximum atomic E-state index is 14.6. The standard InChI is InChI=1S/C40H51N7O8S/c1-2-12-26-21-34(47-35(41-26)30-16-10-11-17-31(30)44-47)54-28-22-33-36(48)43-40(38(50)45-56(52,53)29-19-20-29)23-25(40)13-6-4-3-5-7-18-32(37(49)46(33)24-28)42-39(51)55-27-14-8-9-15-27/h6,10-11,13,16-17,21,25,27-29,32-33H,2-5,7-9,12,14-15,18-20,22-24H2,1H3,(H,42,51)(H,43,48)(H,45,50)/b13-6-/t25-,28-,32+,33+,40-/m1/s1. The first-order chi connectivity index (χ1) is 27.0. The molecule has 3 saturated carbocycles. The second kappa shape index (κ2) is 15.7. The topological polar surface area (TPSA) is 190 Å². The number of rotatable bonds is 9. The van der Waals surface area contributed by atoms with Gasteiger partial charge in [-0.25, -0.2) is 18.2 Å². The van der Waals surface area contributed by atoms with Gasteiger partial charge in [-0.3, -0.25) is 19.1 Å². The molecule has 4 heterocycles. The van der Waals surface area contributed by atoms with Crippen LogP contribution in [0.5, 0.6) is 5.88 Å². The molecule has 3 aliphatic carbocycles. The van der Waals surface area contributed by atoms with Gasteiger partial charge in [-0.15, -0.1) is 0 Å². The Kier molecular flexibility index (Phi) is 10.7. The van der Waals surface area contributed by atoms with Gasteiger partial charge in [-0.1, -0.05) is 50.5 Å². The van der Waals surface area contributed by atoms with Crippen LogP contribution in [0.2, 0.25) is 0 Å². The number of carbonyl (C=O) groups excluding carboxylic acids is 4. The smallest absolute Gasteiger partial charge is 0.408 e. The molecule has 0 bridgehead atoms. The van der Waals surface area contributed by atoms with E-state index in [4.69, 9.17) is 19.6 Å². The highest BCUT2D eigenvalue weighted by Crippen LogP contribution is 2.46. The molecule has 2 aromatic heterocycles. The lowest BCUT2D eigenvalue weighted by molar-refractivity contribution is -0.141. The van der Waals surface area contributed by atoms with E-state index in [-0.39, 0.29) is 25.5 Å². The third-order valence-corrected chi connectivity index (χ3v) is 13.6. The highest BCUT2D eigenvalue weighted by Gasteiger charge is 2.62. The molecule has 15 nitrogen and oxygen atoms in total. The lowest BCUT2D eigenvalue weighted by atomic mass is 10.0. The minimum atomic E-state index is -3.89. The van der Waals surface area contributed by atoms with Crippen LogP contribution in [0.25, 0.3) is 16.6 Å². The summed E-state index contributed by atoms with van der Waals surface area (Å²) in [5.74, 6) is -1.83. The average molecular weight is 790 g/mol. The number of aryl methyl sites for hydroxylation is 1. The van der Waals surface area contributed by atoms with Gasteiger partial charge in [0.2, 0.25) is 27.7 Å². The Bertz CT molecular complexity index is 2150. The number of nitrogens with one attached hydrogen (secondary N) is 3. The summed E-state index contributed by atoms with van der Waals surface area (Å²) in [6.45, 7) is 2.08. The molecule has 56 heavy (non-hydrogen) atoms. The number of sulfonamides is 1. The van der Waals surface area contributed by atoms with E-state index in [2.05, 4.69) is 22.3 Å². The molecule has 2 aliphatic heterocycles. The molecule has 3 aromatic rings. The fourth-order valence-corrected chi connectivity index (χ4v) is 9.84. The Morgan fingerprint density at radius 2 is 1.80 bits per heavy atom. The van der Waals surface area contributed by atoms with Crippen LogP contribution in [0.1, 0.15) is 103 Å². The van der Waals surface area contributed by atoms with Crippen LogP contribution in [-0.4, -0.2) is 93.4 Å². The van der Waals surface area contributed by atoms with Crippen LogP contribution < -0.4 is 20.1 Å². The van der Waals surface area contributed by atoms with Gasteiger partial charge >= 0.3 is 6.09 Å². The van der Waals surface area contributed by atoms with Gasteiger partial charge in [-0.2, -0.15) is 9.61 Å². The maximum absolute atomic E-state index is 14.6. The molecule has 16 heteroatoms. The Morgan fingerprint density at radius 3 is 2.59 bits per heavy atom. The molecular formula is C40H51N7O8S. The second-order valence-corrected chi connectivity index (χ2v) is 18.1. The first-order valence-corrected chi connectivity index (χ1v) is 21.9. The summed E-state index contributed by atoms with van der Waals surface area (Å²) in [4.78, 5) is 62.4. The van der Waals surface area contributed by atoms with Gasteiger partial charge in [0, 0.05) is 29.5 Å². The number of aromatic nitrogens is 3. The van der Waals surface area contributed by atoms with Crippen LogP contribution in [0.4, 0.5) is 4.79 Å². The van der Waals surface area contributed by atoms with Crippen molar-refractivity contribution in [1.29, 1.82) is 0 Å². The first kappa shape index (κ1) is 38.2. The summed E-state index contributed by atoms with van der Waals surface area (Å²) in [6, 6.07) is 7.46. The minimum absolute atomic E-state index is 0.0130. The minimum Gasteiger partial charge on any atom is -0.472 e. The number of carbonyl (C=O) groups is 4. The number of nitrogens with zero attached hydrogens (tertiary/aromatic N) is 4. The molecule has 4 amide bonds. The third kappa shape index (κ3) is 7.94. The quantitative estimate of drug-likeness (QED) is 0.265. The van der Waals surface area contributed by atoms with Crippen molar-refractivity contribution in [3.8, 4) is 5.88 Å². The summed E-state index contributed by atoms with van der Waals surface area (Å²) in [5.41, 5.74) is 0.698. The highest BCUT2D eigenvalue weighted by atomic mass is 32.2. The Hall–Kier alpha value is -4.73. The normalized spacial score (nSPS) is 28.1. The molecular weight excluding hydrogens is 739 g/mol. The monoisotopic (exact) mass is 789 g/mol. The molecule has 8 rings (SSSR count). The van der Waals surface area contributed by atoms with Crippen molar-refractivity contribution < 1.29 is 37.1 Å². The molecule has 300 valence electrons. The summed E-state index contributed by atoms with van der Waals surface area (Å²) >= 11 is 0. The zero-order valence-electron chi connectivity index (χ0n) is 31.8. The van der Waals surface area contributed by atoms with E-state index in [1.54, 1.807) is 4.52 Å². The van der Waals surface area contributed by atoms with E-state index in [9.17, 15) is 27.6 Å². The molecule has 0 unspecified atom stereocenters. The van der Waals surface area contributed by atoms with Crippen LogP contribution >= 0.6 is 0 Å². The Morgan fingerprint density at radius 1 is 1.02 bits per heavy atom. The molecule has 5 aliphatic rings. The predicted molar refractivity (Wildman–Crippen MR) is 206 cm³/mol. The highest BCUT2D eigenvalue weighted by molar-refractivity contribution is 7.91. The molecule has 1 aromatic carbocycles. The third-order valence-electron chi connectivity index (χ3n) is 11.8. The van der Waals surface area contributed by atoms with E-state index in [1.165, 1.54) is 4.90 Å². The molecule has 1 saturated heterocycles. The van der Waals surface area contributed by atoms with Crippen molar-refractivity contribution in [2.24, 2.45) is 5.92 Å². The van der Waals surface area contributed by atoms with E-state index >= 15 is 0 Å². The van der Waals surface area contributed by atoms with Crippen LogP contribution in [-0.2, 0) is 35.6 Å². The van der Waals surface area contributed by atoms with Crippen LogP contribution in [0, 0.1) is 5.92 Å². The largest absolute Gasteiger partial charge is 0.472 e. The first-order valence-electron chi connectivity index (χ1n) is 20.3. The molecule has 0 spiro atoms. The number of ether oxygens (including phenoxy) is 2. The molecule has 5 atom stereocenters. The van der Waals surface area contributed by atoms with Gasteiger partial charge in [-0.05, 0) is 82.8 Å². The van der Waals surface area contributed by atoms with Gasteiger partial charge in [0.15, 0.2) is 5.65 Å². The summed E-state index contributed by atoms with van der Waals surface area (Å²) in [7, 11) is -3.89. The number of hydrogen-bond donors (Lipinski definition) is 3. The lowest BCUT2D eigenvalue weighted by Gasteiger charge is -2.30. The lowest BCUT2D eigenvalue weighted by Crippen LogP contribution is -2.58. The van der Waals surface area contributed by atoms with Crippen molar-refractivity contribution in [2.45, 2.75) is 138 Å². The van der Waals surface area contributed by atoms with Gasteiger partial charge in [0.05, 0.1) is 17.3 Å². The zero-order chi connectivity index (χ0) is 39.0. The van der Waals surface area contributed by atoms with E-state index in [0.717, 1.165) is 61.5 Å². The van der Waals surface area contributed by atoms with Crippen molar-refractivity contribution in [2.75, 3.05) is 6.54 Å². The number of allylic oxidation sites excluding steroid dienone is 1. The van der Waals surface area contributed by atoms with Crippen molar-refractivity contribution >= 4 is 50.4 Å². The Balaban J connectivity index is 1.11. The number of benzene rings is 1. The molecule has 4 fully saturated rings. The average Bonchev–Trinajstić information content (AvgIpc) is 3.98. The van der Waals surface area contributed by atoms with Crippen molar-refractivity contribution in [3.63, 3.8) is 0 Å². The van der Waals surface area contributed by atoms with E-state index < -0.39 is 68.7 Å². The SMILES string of the molecule is CCCc1cc(O[C@@H]2C[C@H]3C(=O)N[C@]4(C(=O)NS(=O)(=O)C5CC5)C[C@H]4/C=C\CCCCC[C@H](NC(=O)OC4CCCC4)C(=O)N3C2)n2nc3ccccc3c2n1. The van der Waals surface area contributed by atoms with Crippen molar-refractivity contribution in [3.05, 3.63) is 48.2 Å². The fraction of sp³-hybridized carbons (Fsp3) is 0.600. The summed E-state index contributed by atoms with van der Waals surface area (Å²) in [6.07, 6.45) is 11.9. The fourth-order valence-electron chi connectivity index (χ4n) is 8.47. The number of fused-ring (bicyclic) bond motifs is 5. The molecule has 3 N–H and O–H groups in total. The number of alkyl carbamates (subject to hydrolysis) is 1. The van der Waals surface area contributed by atoms with Gasteiger partial charge < -0.3 is 25.0 Å². The predicted octanol–water partition coefficient (Wildman–Crippen LogP) is 4.22. The Labute approximate surface area is 326 Å². The second-order valence-electron chi connectivity index (χ2n) is 16.1. The maximum Gasteiger partial charge on any atom is 0.408 e. The van der Waals surface area contributed by atoms with Gasteiger partial charge in [0.25, 0.3) is 5.91 Å². The van der Waals surface area contributed by atoms with Crippen LogP contribution in [0.15, 0.2) is 42.5 Å². The number of amides is 4. The zero-order valence-corrected chi connectivity index (χ0v) is 32.6. The van der Waals surface area contributed by atoms with E-state index in [0.29, 0.717) is 50.1 Å². The van der Waals surface area contributed by atoms with Gasteiger partial charge in [0.1, 0.15) is 29.8 Å². The van der Waals surface area contributed by atoms with E-state index in [1.807, 2.05) is 42.5 Å². The summed E-state index contributed by atoms with van der Waals surface area (Å²) < 4.78 is 42.0. The van der Waals surface area contributed by atoms with Crippen LogP contribution in [0.3, 0.4) is 0 Å². The van der Waals surface area contributed by atoms with Crippen molar-refractivity contribution in [1.82, 2.24) is 34.9 Å².